The number of hydrogen-bond donors (Lipinski definition) is 3. The summed E-state index contributed by atoms with van der Waals surface area (Å²) in [5, 5.41) is 9.49. The number of sulfonamides is 1. The van der Waals surface area contributed by atoms with Gasteiger partial charge in [-0.15, -0.1) is 0 Å². The monoisotopic (exact) mass is 258 g/mol. The van der Waals surface area contributed by atoms with Crippen LogP contribution < -0.4 is 10.5 Å². The fraction of sp³-hybridized carbons (Fsp3) is 0.455. The van der Waals surface area contributed by atoms with E-state index in [1.165, 1.54) is 19.1 Å². The molecule has 5 nitrogen and oxygen atoms in total. The molecule has 0 bridgehead atoms. The second-order valence-electron chi connectivity index (χ2n) is 4.58. The standard InChI is InChI=1S/C11H18N2O3S/c1-8(14)11(2,3)13-17(15,16)10-6-4-5-9(12)7-10/h4-8,13-14H,12H2,1-3H3. The molecular weight excluding hydrogens is 240 g/mol. The predicted molar refractivity (Wildman–Crippen MR) is 66.9 cm³/mol. The molecule has 0 aliphatic heterocycles. The first-order valence-electron chi connectivity index (χ1n) is 5.23. The average molecular weight is 258 g/mol. The molecular formula is C11H18N2O3S. The molecule has 1 unspecified atom stereocenters. The summed E-state index contributed by atoms with van der Waals surface area (Å²) in [6.45, 7) is 4.75. The summed E-state index contributed by atoms with van der Waals surface area (Å²) < 4.78 is 26.5. The van der Waals surface area contributed by atoms with Crippen LogP contribution in [0.15, 0.2) is 29.2 Å². The van der Waals surface area contributed by atoms with Crippen LogP contribution in [0.4, 0.5) is 5.69 Å². The molecule has 0 amide bonds. The van der Waals surface area contributed by atoms with Gasteiger partial charge in [0.05, 0.1) is 16.5 Å². The molecule has 17 heavy (non-hydrogen) atoms. The molecule has 0 aromatic heterocycles. The number of hydrogen-bond acceptors (Lipinski definition) is 4. The predicted octanol–water partition coefficient (Wildman–Crippen LogP) is 0.707. The number of nitrogen functional groups attached to an aromatic ring is 1. The third kappa shape index (κ3) is 3.42. The topological polar surface area (TPSA) is 92.4 Å². The van der Waals surface area contributed by atoms with Gasteiger partial charge in [0, 0.05) is 5.69 Å². The molecule has 6 heteroatoms. The molecule has 1 rings (SSSR count). The minimum Gasteiger partial charge on any atom is -0.399 e. The number of nitrogens with one attached hydrogen (secondary N) is 1. The summed E-state index contributed by atoms with van der Waals surface area (Å²) in [6, 6.07) is 6.01. The van der Waals surface area contributed by atoms with Crippen LogP contribution in [0.5, 0.6) is 0 Å². The van der Waals surface area contributed by atoms with Gasteiger partial charge in [0.2, 0.25) is 10.0 Å². The van der Waals surface area contributed by atoms with Crippen molar-refractivity contribution in [2.45, 2.75) is 37.3 Å². The first-order chi connectivity index (χ1) is 7.65. The second-order valence-corrected chi connectivity index (χ2v) is 6.26. The lowest BCUT2D eigenvalue weighted by Crippen LogP contribution is -2.50. The van der Waals surface area contributed by atoms with E-state index in [-0.39, 0.29) is 4.90 Å². The Hall–Kier alpha value is -1.11. The number of rotatable bonds is 4. The van der Waals surface area contributed by atoms with Gasteiger partial charge in [-0.2, -0.15) is 0 Å². The van der Waals surface area contributed by atoms with E-state index < -0.39 is 21.7 Å². The molecule has 0 aliphatic rings. The molecule has 1 aromatic rings. The zero-order valence-electron chi connectivity index (χ0n) is 10.1. The van der Waals surface area contributed by atoms with Crippen molar-refractivity contribution < 1.29 is 13.5 Å². The zero-order valence-corrected chi connectivity index (χ0v) is 11.0. The summed E-state index contributed by atoms with van der Waals surface area (Å²) in [5.41, 5.74) is 4.97. The van der Waals surface area contributed by atoms with Crippen molar-refractivity contribution in [2.24, 2.45) is 0 Å². The fourth-order valence-corrected chi connectivity index (χ4v) is 2.70. The van der Waals surface area contributed by atoms with Crippen molar-refractivity contribution in [3.63, 3.8) is 0 Å². The van der Waals surface area contributed by atoms with Gasteiger partial charge in [-0.1, -0.05) is 6.07 Å². The van der Waals surface area contributed by atoms with E-state index >= 15 is 0 Å². The van der Waals surface area contributed by atoms with Gasteiger partial charge in [-0.05, 0) is 39.0 Å². The number of aliphatic hydroxyl groups is 1. The maximum absolute atomic E-state index is 12.0. The lowest BCUT2D eigenvalue weighted by Gasteiger charge is -2.28. The van der Waals surface area contributed by atoms with Gasteiger partial charge in [0.15, 0.2) is 0 Å². The Bertz CT molecular complexity index is 495. The second kappa shape index (κ2) is 4.64. The molecule has 0 saturated heterocycles. The van der Waals surface area contributed by atoms with E-state index in [2.05, 4.69) is 4.72 Å². The van der Waals surface area contributed by atoms with Crippen molar-refractivity contribution in [1.29, 1.82) is 0 Å². The third-order valence-corrected chi connectivity index (χ3v) is 4.28. The molecule has 1 aromatic carbocycles. The smallest absolute Gasteiger partial charge is 0.241 e. The lowest BCUT2D eigenvalue weighted by atomic mass is 10.0. The van der Waals surface area contributed by atoms with Gasteiger partial charge < -0.3 is 10.8 Å². The van der Waals surface area contributed by atoms with Crippen molar-refractivity contribution in [2.75, 3.05) is 5.73 Å². The molecule has 0 fully saturated rings. The highest BCUT2D eigenvalue weighted by molar-refractivity contribution is 7.89. The molecule has 4 N–H and O–H groups in total. The van der Waals surface area contributed by atoms with Crippen LogP contribution in [0.3, 0.4) is 0 Å². The van der Waals surface area contributed by atoms with Crippen molar-refractivity contribution >= 4 is 15.7 Å². The number of aliphatic hydroxyl groups excluding tert-OH is 1. The largest absolute Gasteiger partial charge is 0.399 e. The van der Waals surface area contributed by atoms with Gasteiger partial charge in [-0.25, -0.2) is 13.1 Å². The summed E-state index contributed by atoms with van der Waals surface area (Å²) in [7, 11) is -3.68. The summed E-state index contributed by atoms with van der Waals surface area (Å²) >= 11 is 0. The van der Waals surface area contributed by atoms with Crippen LogP contribution >= 0.6 is 0 Å². The van der Waals surface area contributed by atoms with E-state index in [1.807, 2.05) is 0 Å². The van der Waals surface area contributed by atoms with Crippen molar-refractivity contribution in [3.05, 3.63) is 24.3 Å². The van der Waals surface area contributed by atoms with Crippen LogP contribution in [0.1, 0.15) is 20.8 Å². The van der Waals surface area contributed by atoms with Gasteiger partial charge in [-0.3, -0.25) is 0 Å². The summed E-state index contributed by atoms with van der Waals surface area (Å²) in [6.07, 6.45) is -0.807. The zero-order chi connectivity index (χ0) is 13.3. The Morgan fingerprint density at radius 3 is 2.47 bits per heavy atom. The van der Waals surface area contributed by atoms with E-state index in [1.54, 1.807) is 26.0 Å². The van der Waals surface area contributed by atoms with Crippen LogP contribution in [0, 0.1) is 0 Å². The molecule has 1 atom stereocenters. The van der Waals surface area contributed by atoms with E-state index in [0.29, 0.717) is 5.69 Å². The molecule has 0 saturated carbocycles. The Labute approximate surface area is 102 Å². The Kier molecular flexibility index (Phi) is 3.81. The van der Waals surface area contributed by atoms with E-state index in [0.717, 1.165) is 0 Å². The van der Waals surface area contributed by atoms with Crippen molar-refractivity contribution in [3.8, 4) is 0 Å². The molecule has 0 heterocycles. The fourth-order valence-electron chi connectivity index (χ4n) is 1.17. The quantitative estimate of drug-likeness (QED) is 0.693. The highest BCUT2D eigenvalue weighted by atomic mass is 32.2. The number of anilines is 1. The van der Waals surface area contributed by atoms with Crippen LogP contribution in [0.2, 0.25) is 0 Å². The molecule has 96 valence electrons. The van der Waals surface area contributed by atoms with E-state index in [9.17, 15) is 13.5 Å². The first-order valence-corrected chi connectivity index (χ1v) is 6.71. The number of benzene rings is 1. The first kappa shape index (κ1) is 14.0. The molecule has 0 radical (unpaired) electrons. The highest BCUT2D eigenvalue weighted by Gasteiger charge is 2.30. The summed E-state index contributed by atoms with van der Waals surface area (Å²) in [5.74, 6) is 0. The highest BCUT2D eigenvalue weighted by Crippen LogP contribution is 2.17. The lowest BCUT2D eigenvalue weighted by molar-refractivity contribution is 0.111. The van der Waals surface area contributed by atoms with Crippen LogP contribution in [0.25, 0.3) is 0 Å². The van der Waals surface area contributed by atoms with Crippen molar-refractivity contribution in [1.82, 2.24) is 4.72 Å². The minimum atomic E-state index is -3.68. The minimum absolute atomic E-state index is 0.0891. The van der Waals surface area contributed by atoms with Crippen LogP contribution in [-0.4, -0.2) is 25.2 Å². The Balaban J connectivity index is 3.06. The maximum Gasteiger partial charge on any atom is 0.241 e. The Morgan fingerprint density at radius 1 is 1.41 bits per heavy atom. The Morgan fingerprint density at radius 2 is 2.00 bits per heavy atom. The third-order valence-electron chi connectivity index (χ3n) is 2.61. The SMILES string of the molecule is CC(O)C(C)(C)NS(=O)(=O)c1cccc(N)c1. The number of nitrogens with two attached hydrogens (primary N) is 1. The average Bonchev–Trinajstić information content (AvgIpc) is 2.15. The molecule has 0 aliphatic carbocycles. The molecule has 0 spiro atoms. The van der Waals surface area contributed by atoms with Gasteiger partial charge in [0.25, 0.3) is 0 Å². The normalized spacial score (nSPS) is 14.6. The summed E-state index contributed by atoms with van der Waals surface area (Å²) in [4.78, 5) is 0.0891. The van der Waals surface area contributed by atoms with E-state index in [4.69, 9.17) is 5.73 Å². The maximum atomic E-state index is 12.0. The van der Waals surface area contributed by atoms with Crippen LogP contribution in [-0.2, 0) is 10.0 Å². The van der Waals surface area contributed by atoms with Gasteiger partial charge >= 0.3 is 0 Å². The van der Waals surface area contributed by atoms with Gasteiger partial charge in [0.1, 0.15) is 0 Å².